The summed E-state index contributed by atoms with van der Waals surface area (Å²) >= 11 is 0. The average Bonchev–Trinajstić information content (AvgIpc) is 2.14. The molecule has 0 saturated heterocycles. The summed E-state index contributed by atoms with van der Waals surface area (Å²) in [6.45, 7) is 1.36. The van der Waals surface area contributed by atoms with Gasteiger partial charge in [0.15, 0.2) is 0 Å². The Morgan fingerprint density at radius 3 is 2.33 bits per heavy atom. The molecular weight excluding hydrogens is 204 g/mol. The van der Waals surface area contributed by atoms with E-state index in [0.717, 1.165) is 0 Å². The summed E-state index contributed by atoms with van der Waals surface area (Å²) in [6, 6.07) is 0. The molecule has 0 spiro atoms. The van der Waals surface area contributed by atoms with Crippen LogP contribution in [0.3, 0.4) is 0 Å². The van der Waals surface area contributed by atoms with E-state index >= 15 is 0 Å². The fourth-order valence-electron chi connectivity index (χ4n) is 1.66. The Labute approximate surface area is 87.2 Å². The predicted molar refractivity (Wildman–Crippen MR) is 50.6 cm³/mol. The number of amides is 1. The summed E-state index contributed by atoms with van der Waals surface area (Å²) in [5.41, 5.74) is 0. The SMILES string of the molecule is CC(=O)CNC(=O)C1CCC(F)(F)CC1. The van der Waals surface area contributed by atoms with Crippen LogP contribution in [0.25, 0.3) is 0 Å². The topological polar surface area (TPSA) is 46.2 Å². The van der Waals surface area contributed by atoms with E-state index in [1.165, 1.54) is 6.92 Å². The zero-order valence-corrected chi connectivity index (χ0v) is 8.69. The van der Waals surface area contributed by atoms with Crippen LogP contribution in [0, 0.1) is 5.92 Å². The van der Waals surface area contributed by atoms with Gasteiger partial charge >= 0.3 is 0 Å². The molecule has 86 valence electrons. The molecule has 1 rings (SSSR count). The van der Waals surface area contributed by atoms with Gasteiger partial charge in [0.05, 0.1) is 6.54 Å². The number of rotatable bonds is 3. The van der Waals surface area contributed by atoms with Crippen molar-refractivity contribution in [2.24, 2.45) is 5.92 Å². The van der Waals surface area contributed by atoms with Crippen molar-refractivity contribution in [2.45, 2.75) is 38.5 Å². The molecule has 0 aromatic rings. The second-order valence-electron chi connectivity index (χ2n) is 4.05. The maximum Gasteiger partial charge on any atom is 0.248 e. The van der Waals surface area contributed by atoms with Crippen molar-refractivity contribution in [2.75, 3.05) is 6.54 Å². The number of nitrogens with one attached hydrogen (secondary N) is 1. The van der Waals surface area contributed by atoms with Crippen molar-refractivity contribution in [3.8, 4) is 0 Å². The summed E-state index contributed by atoms with van der Waals surface area (Å²) in [4.78, 5) is 22.0. The van der Waals surface area contributed by atoms with Gasteiger partial charge in [-0.25, -0.2) is 8.78 Å². The molecule has 0 aromatic heterocycles. The summed E-state index contributed by atoms with van der Waals surface area (Å²) in [5, 5.41) is 2.45. The smallest absolute Gasteiger partial charge is 0.248 e. The van der Waals surface area contributed by atoms with E-state index in [1.807, 2.05) is 0 Å². The molecular formula is C10H15F2NO2. The summed E-state index contributed by atoms with van der Waals surface area (Å²) in [6.07, 6.45) is -0.0518. The third kappa shape index (κ3) is 3.93. The van der Waals surface area contributed by atoms with E-state index in [-0.39, 0.29) is 49.8 Å². The molecule has 1 fully saturated rings. The Kier molecular flexibility index (Phi) is 3.77. The first-order chi connectivity index (χ1) is 6.91. The Hall–Kier alpha value is -1.00. The first kappa shape index (κ1) is 12.1. The number of halogens is 2. The zero-order valence-electron chi connectivity index (χ0n) is 8.69. The Morgan fingerprint density at radius 1 is 1.33 bits per heavy atom. The highest BCUT2D eigenvalue weighted by Crippen LogP contribution is 2.35. The largest absolute Gasteiger partial charge is 0.349 e. The lowest BCUT2D eigenvalue weighted by atomic mass is 9.86. The molecule has 1 N–H and O–H groups in total. The number of carbonyl (C=O) groups excluding carboxylic acids is 2. The minimum atomic E-state index is -2.61. The maximum atomic E-state index is 12.8. The summed E-state index contributed by atoms with van der Waals surface area (Å²) in [5.74, 6) is -3.38. The lowest BCUT2D eigenvalue weighted by Crippen LogP contribution is -2.37. The van der Waals surface area contributed by atoms with Gasteiger partial charge in [-0.3, -0.25) is 9.59 Å². The molecule has 0 aliphatic heterocycles. The normalized spacial score (nSPS) is 21.0. The molecule has 1 saturated carbocycles. The third-order valence-electron chi connectivity index (χ3n) is 2.60. The van der Waals surface area contributed by atoms with E-state index in [1.54, 1.807) is 0 Å². The Balaban J connectivity index is 2.33. The molecule has 1 aliphatic carbocycles. The third-order valence-corrected chi connectivity index (χ3v) is 2.60. The summed E-state index contributed by atoms with van der Waals surface area (Å²) < 4.78 is 25.5. The lowest BCUT2D eigenvalue weighted by molar-refractivity contribution is -0.131. The number of carbonyl (C=O) groups is 2. The van der Waals surface area contributed by atoms with Crippen LogP contribution < -0.4 is 5.32 Å². The molecule has 3 nitrogen and oxygen atoms in total. The van der Waals surface area contributed by atoms with Crippen LogP contribution in [-0.2, 0) is 9.59 Å². The predicted octanol–water partition coefficient (Wildman–Crippen LogP) is 1.52. The van der Waals surface area contributed by atoms with Crippen molar-refractivity contribution < 1.29 is 18.4 Å². The van der Waals surface area contributed by atoms with Gasteiger partial charge in [0, 0.05) is 18.8 Å². The second kappa shape index (κ2) is 4.68. The van der Waals surface area contributed by atoms with Crippen molar-refractivity contribution >= 4 is 11.7 Å². The number of hydrogen-bond acceptors (Lipinski definition) is 2. The standard InChI is InChI=1S/C10H15F2NO2/c1-7(14)6-13-9(15)8-2-4-10(11,12)5-3-8/h8H,2-6H2,1H3,(H,13,15). The van der Waals surface area contributed by atoms with Crippen molar-refractivity contribution in [1.82, 2.24) is 5.32 Å². The summed E-state index contributed by atoms with van der Waals surface area (Å²) in [7, 11) is 0. The van der Waals surface area contributed by atoms with Crippen LogP contribution in [-0.4, -0.2) is 24.2 Å². The molecule has 0 radical (unpaired) electrons. The van der Waals surface area contributed by atoms with Gasteiger partial charge in [-0.05, 0) is 19.8 Å². The fourth-order valence-corrected chi connectivity index (χ4v) is 1.66. The van der Waals surface area contributed by atoms with Gasteiger partial charge in [0.2, 0.25) is 11.8 Å². The molecule has 15 heavy (non-hydrogen) atoms. The number of ketones is 1. The lowest BCUT2D eigenvalue weighted by Gasteiger charge is -2.27. The number of hydrogen-bond donors (Lipinski definition) is 1. The Morgan fingerprint density at radius 2 is 1.87 bits per heavy atom. The molecule has 0 unspecified atom stereocenters. The van der Waals surface area contributed by atoms with Crippen molar-refractivity contribution in [3.63, 3.8) is 0 Å². The molecule has 0 atom stereocenters. The fraction of sp³-hybridized carbons (Fsp3) is 0.800. The van der Waals surface area contributed by atoms with E-state index in [9.17, 15) is 18.4 Å². The minimum Gasteiger partial charge on any atom is -0.349 e. The van der Waals surface area contributed by atoms with Crippen LogP contribution in [0.4, 0.5) is 8.78 Å². The average molecular weight is 219 g/mol. The molecule has 1 aliphatic rings. The highest BCUT2D eigenvalue weighted by atomic mass is 19.3. The number of alkyl halides is 2. The zero-order chi connectivity index (χ0) is 11.5. The Bertz CT molecular complexity index is 256. The van der Waals surface area contributed by atoms with Crippen LogP contribution >= 0.6 is 0 Å². The van der Waals surface area contributed by atoms with Gasteiger partial charge in [-0.15, -0.1) is 0 Å². The highest BCUT2D eigenvalue weighted by molar-refractivity contribution is 5.85. The van der Waals surface area contributed by atoms with E-state index in [0.29, 0.717) is 0 Å². The van der Waals surface area contributed by atoms with Crippen LogP contribution in [0.2, 0.25) is 0 Å². The van der Waals surface area contributed by atoms with E-state index in [4.69, 9.17) is 0 Å². The van der Waals surface area contributed by atoms with Gasteiger partial charge < -0.3 is 5.32 Å². The monoisotopic (exact) mass is 219 g/mol. The highest BCUT2D eigenvalue weighted by Gasteiger charge is 2.37. The quantitative estimate of drug-likeness (QED) is 0.782. The van der Waals surface area contributed by atoms with Crippen LogP contribution in [0.15, 0.2) is 0 Å². The van der Waals surface area contributed by atoms with Gasteiger partial charge in [0.1, 0.15) is 5.78 Å². The first-order valence-electron chi connectivity index (χ1n) is 5.06. The molecule has 1 amide bonds. The molecule has 0 bridgehead atoms. The first-order valence-corrected chi connectivity index (χ1v) is 5.06. The van der Waals surface area contributed by atoms with E-state index < -0.39 is 5.92 Å². The molecule has 0 aromatic carbocycles. The van der Waals surface area contributed by atoms with Crippen molar-refractivity contribution in [1.29, 1.82) is 0 Å². The number of Topliss-reactive ketones (excluding diaryl/α,β-unsaturated/α-hetero) is 1. The molecule has 0 heterocycles. The van der Waals surface area contributed by atoms with E-state index in [2.05, 4.69) is 5.32 Å². The van der Waals surface area contributed by atoms with Gasteiger partial charge in [-0.2, -0.15) is 0 Å². The maximum absolute atomic E-state index is 12.8. The van der Waals surface area contributed by atoms with Crippen LogP contribution in [0.1, 0.15) is 32.6 Å². The van der Waals surface area contributed by atoms with Crippen LogP contribution in [0.5, 0.6) is 0 Å². The van der Waals surface area contributed by atoms with Gasteiger partial charge in [-0.1, -0.05) is 0 Å². The van der Waals surface area contributed by atoms with Crippen molar-refractivity contribution in [3.05, 3.63) is 0 Å². The minimum absolute atomic E-state index is 0.00821. The van der Waals surface area contributed by atoms with Gasteiger partial charge in [0.25, 0.3) is 0 Å². The second-order valence-corrected chi connectivity index (χ2v) is 4.05. The molecule has 5 heteroatoms.